The van der Waals surface area contributed by atoms with Crippen molar-refractivity contribution in [3.8, 4) is 17.2 Å². The van der Waals surface area contributed by atoms with Crippen LogP contribution in [0.4, 0.5) is 5.69 Å². The normalized spacial score (nSPS) is 11.3. The summed E-state index contributed by atoms with van der Waals surface area (Å²) in [6, 6.07) is 17.0. The molecule has 1 aromatic heterocycles. The first-order valence-electron chi connectivity index (χ1n) is 11.5. The van der Waals surface area contributed by atoms with Crippen molar-refractivity contribution in [3.63, 3.8) is 0 Å². The molecule has 0 radical (unpaired) electrons. The molecular formula is C27H27ClN2O6S2. The van der Waals surface area contributed by atoms with Crippen LogP contribution < -0.4 is 23.8 Å². The molecule has 0 fully saturated rings. The molecule has 0 atom stereocenters. The van der Waals surface area contributed by atoms with E-state index in [-0.39, 0.29) is 15.8 Å². The zero-order valence-corrected chi connectivity index (χ0v) is 23.7. The van der Waals surface area contributed by atoms with Crippen molar-refractivity contribution in [3.05, 3.63) is 76.1 Å². The van der Waals surface area contributed by atoms with Crippen LogP contribution in [0.5, 0.6) is 17.2 Å². The molecule has 0 aliphatic carbocycles. The van der Waals surface area contributed by atoms with E-state index in [9.17, 15) is 13.2 Å². The van der Waals surface area contributed by atoms with E-state index in [0.29, 0.717) is 40.8 Å². The van der Waals surface area contributed by atoms with Crippen LogP contribution in [0.25, 0.3) is 10.1 Å². The summed E-state index contributed by atoms with van der Waals surface area (Å²) >= 11 is 7.48. The maximum Gasteiger partial charge on any atom is 0.264 e. The summed E-state index contributed by atoms with van der Waals surface area (Å²) < 4.78 is 44.1. The minimum Gasteiger partial charge on any atom is -0.495 e. The molecule has 4 aromatic rings. The van der Waals surface area contributed by atoms with Crippen molar-refractivity contribution in [2.24, 2.45) is 0 Å². The lowest BCUT2D eigenvalue weighted by Crippen LogP contribution is -2.26. The van der Waals surface area contributed by atoms with Gasteiger partial charge in [-0.2, -0.15) is 0 Å². The number of carbonyl (C=O) groups excluding carboxylic acids is 1. The van der Waals surface area contributed by atoms with Gasteiger partial charge < -0.3 is 19.5 Å². The van der Waals surface area contributed by atoms with Gasteiger partial charge in [-0.15, -0.1) is 11.3 Å². The third kappa shape index (κ3) is 5.67. The number of sulfonamides is 1. The van der Waals surface area contributed by atoms with Gasteiger partial charge in [-0.05, 0) is 72.0 Å². The lowest BCUT2D eigenvalue weighted by molar-refractivity contribution is 0.0958. The van der Waals surface area contributed by atoms with Crippen LogP contribution in [0.1, 0.15) is 15.2 Å². The second-order valence-corrected chi connectivity index (χ2v) is 11.8. The molecule has 3 aromatic carbocycles. The fraction of sp³-hybridized carbons (Fsp3) is 0.222. The van der Waals surface area contributed by atoms with Gasteiger partial charge in [0.2, 0.25) is 0 Å². The summed E-state index contributed by atoms with van der Waals surface area (Å²) in [5, 5.41) is 3.92. The summed E-state index contributed by atoms with van der Waals surface area (Å²) in [7, 11) is 2.24. The number of nitrogens with zero attached hydrogens (tertiary/aromatic N) is 1. The number of anilines is 1. The quantitative estimate of drug-likeness (QED) is 0.273. The van der Waals surface area contributed by atoms with Crippen molar-refractivity contribution < 1.29 is 27.4 Å². The minimum absolute atomic E-state index is 0.0470. The highest BCUT2D eigenvalue weighted by Gasteiger charge is 2.23. The van der Waals surface area contributed by atoms with Gasteiger partial charge in [0.25, 0.3) is 15.9 Å². The van der Waals surface area contributed by atoms with Gasteiger partial charge in [-0.3, -0.25) is 9.10 Å². The Labute approximate surface area is 230 Å². The first-order valence-corrected chi connectivity index (χ1v) is 14.2. The maximum atomic E-state index is 13.2. The number of ether oxygens (including phenoxy) is 3. The first kappa shape index (κ1) is 27.6. The Bertz CT molecular complexity index is 1590. The van der Waals surface area contributed by atoms with Gasteiger partial charge in [0.05, 0.1) is 41.8 Å². The number of fused-ring (bicyclic) bond motifs is 1. The van der Waals surface area contributed by atoms with Gasteiger partial charge >= 0.3 is 0 Å². The second-order valence-electron chi connectivity index (χ2n) is 8.30. The highest BCUT2D eigenvalue weighted by molar-refractivity contribution is 7.92. The number of benzene rings is 3. The minimum atomic E-state index is -3.86. The van der Waals surface area contributed by atoms with Gasteiger partial charge in [-0.25, -0.2) is 8.42 Å². The molecule has 1 N–H and O–H groups in total. The van der Waals surface area contributed by atoms with E-state index in [1.165, 1.54) is 48.0 Å². The molecule has 1 amide bonds. The van der Waals surface area contributed by atoms with E-state index in [2.05, 4.69) is 5.32 Å². The highest BCUT2D eigenvalue weighted by Crippen LogP contribution is 2.33. The Kier molecular flexibility index (Phi) is 8.35. The molecule has 38 heavy (non-hydrogen) atoms. The molecule has 0 bridgehead atoms. The lowest BCUT2D eigenvalue weighted by Gasteiger charge is -2.20. The number of nitrogens with one attached hydrogen (secondary N) is 1. The lowest BCUT2D eigenvalue weighted by atomic mass is 10.1. The Hall–Kier alpha value is -3.47. The van der Waals surface area contributed by atoms with Crippen LogP contribution in [-0.4, -0.2) is 49.2 Å². The van der Waals surface area contributed by atoms with Gasteiger partial charge in [0, 0.05) is 18.3 Å². The number of carbonyl (C=O) groups is 1. The number of hydrogen-bond acceptors (Lipinski definition) is 7. The summed E-state index contributed by atoms with van der Waals surface area (Å²) in [6.45, 7) is 0.444. The molecule has 0 aliphatic rings. The van der Waals surface area contributed by atoms with Crippen LogP contribution in [-0.2, 0) is 16.4 Å². The maximum absolute atomic E-state index is 13.2. The van der Waals surface area contributed by atoms with E-state index in [1.807, 2.05) is 24.3 Å². The summed E-state index contributed by atoms with van der Waals surface area (Å²) in [6.07, 6.45) is 0.624. The van der Waals surface area contributed by atoms with Crippen LogP contribution in [0.15, 0.2) is 65.6 Å². The van der Waals surface area contributed by atoms with Crippen LogP contribution in [0.3, 0.4) is 0 Å². The molecule has 1 heterocycles. The summed E-state index contributed by atoms with van der Waals surface area (Å²) in [5.74, 6) is 1.49. The van der Waals surface area contributed by atoms with E-state index in [1.54, 1.807) is 32.4 Å². The molecule has 8 nitrogen and oxygen atoms in total. The number of thiophene rings is 1. The topological polar surface area (TPSA) is 94.2 Å². The second kappa shape index (κ2) is 11.5. The Balaban J connectivity index is 1.46. The standard InChI is InChI=1S/C27H27ClN2O6S2/c1-30(38(32,33)20-7-9-22(34-2)21(28)16-20)19-6-10-25-18(14-19)15-26(37-25)27(31)29-12-11-17-5-8-23(35-3)24(13-17)36-4/h5-10,13-16H,11-12H2,1-4H3,(H,29,31). The largest absolute Gasteiger partial charge is 0.495 e. The molecule has 4 rings (SSSR count). The molecule has 0 spiro atoms. The monoisotopic (exact) mass is 574 g/mol. The van der Waals surface area contributed by atoms with Gasteiger partial charge in [0.15, 0.2) is 11.5 Å². The van der Waals surface area contributed by atoms with E-state index >= 15 is 0 Å². The Morgan fingerprint density at radius 2 is 1.63 bits per heavy atom. The summed E-state index contributed by atoms with van der Waals surface area (Å²) in [5.41, 5.74) is 1.47. The van der Waals surface area contributed by atoms with Crippen LogP contribution in [0, 0.1) is 0 Å². The fourth-order valence-corrected chi connectivity index (χ4v) is 6.38. The van der Waals surface area contributed by atoms with Crippen molar-refractivity contribution in [2.75, 3.05) is 39.2 Å². The van der Waals surface area contributed by atoms with E-state index in [4.69, 9.17) is 25.8 Å². The van der Waals surface area contributed by atoms with Gasteiger partial charge in [-0.1, -0.05) is 17.7 Å². The summed E-state index contributed by atoms with van der Waals surface area (Å²) in [4.78, 5) is 13.4. The number of amides is 1. The van der Waals surface area contributed by atoms with Crippen LogP contribution >= 0.6 is 22.9 Å². The molecule has 0 unspecified atom stereocenters. The molecule has 0 saturated heterocycles. The predicted molar refractivity (Wildman–Crippen MR) is 151 cm³/mol. The third-order valence-corrected chi connectivity index (χ3v) is 9.21. The Morgan fingerprint density at radius 3 is 2.32 bits per heavy atom. The van der Waals surface area contributed by atoms with Crippen molar-refractivity contribution in [1.82, 2.24) is 5.32 Å². The first-order chi connectivity index (χ1) is 18.2. The number of hydrogen-bond donors (Lipinski definition) is 1. The van der Waals surface area contributed by atoms with Gasteiger partial charge in [0.1, 0.15) is 5.75 Å². The van der Waals surface area contributed by atoms with E-state index in [0.717, 1.165) is 15.6 Å². The number of methoxy groups -OCH3 is 3. The van der Waals surface area contributed by atoms with Crippen molar-refractivity contribution >= 4 is 54.6 Å². The number of rotatable bonds is 10. The highest BCUT2D eigenvalue weighted by atomic mass is 35.5. The average molecular weight is 575 g/mol. The third-order valence-electron chi connectivity index (χ3n) is 6.02. The smallest absolute Gasteiger partial charge is 0.264 e. The SMILES string of the molecule is COc1ccc(S(=O)(=O)N(C)c2ccc3sc(C(=O)NCCc4ccc(OC)c(OC)c4)cc3c2)cc1Cl. The molecule has 0 aliphatic heterocycles. The molecule has 200 valence electrons. The number of halogens is 1. The van der Waals surface area contributed by atoms with Crippen molar-refractivity contribution in [2.45, 2.75) is 11.3 Å². The van der Waals surface area contributed by atoms with Crippen molar-refractivity contribution in [1.29, 1.82) is 0 Å². The molecular weight excluding hydrogens is 548 g/mol. The molecule has 11 heteroatoms. The van der Waals surface area contributed by atoms with Crippen LogP contribution in [0.2, 0.25) is 5.02 Å². The fourth-order valence-electron chi connectivity index (χ4n) is 3.89. The molecule has 0 saturated carbocycles. The Morgan fingerprint density at radius 1 is 0.921 bits per heavy atom. The van der Waals surface area contributed by atoms with E-state index < -0.39 is 10.0 Å². The zero-order chi connectivity index (χ0) is 27.4. The average Bonchev–Trinajstić information content (AvgIpc) is 3.36. The zero-order valence-electron chi connectivity index (χ0n) is 21.3. The predicted octanol–water partition coefficient (Wildman–Crippen LogP) is 5.38.